The number of amides is 3. The lowest BCUT2D eigenvalue weighted by Crippen LogP contribution is -2.73. The third-order valence-electron chi connectivity index (χ3n) is 5.64. The van der Waals surface area contributed by atoms with E-state index in [4.69, 9.17) is 4.74 Å². The lowest BCUT2D eigenvalue weighted by Gasteiger charge is -2.58. The average Bonchev–Trinajstić information content (AvgIpc) is 2.71. The number of rotatable bonds is 4. The number of urea groups is 1. The van der Waals surface area contributed by atoms with Crippen LogP contribution in [0.2, 0.25) is 0 Å². The van der Waals surface area contributed by atoms with Gasteiger partial charge in [-0.15, -0.1) is 0 Å². The van der Waals surface area contributed by atoms with Gasteiger partial charge in [0, 0.05) is 22.6 Å². The highest BCUT2D eigenvalue weighted by Gasteiger charge is 2.54. The maximum absolute atomic E-state index is 12.7. The van der Waals surface area contributed by atoms with Gasteiger partial charge in [0.05, 0.1) is 25.8 Å². The zero-order valence-corrected chi connectivity index (χ0v) is 17.5. The SMILES string of the molecule is COc1ccc(NC(=O)N2CC(=O)N3[C@@H](CO)[C@H](c4ccc(Br)cc4)[C@@H]3C2)cc1. The van der Waals surface area contributed by atoms with Crippen molar-refractivity contribution in [3.8, 4) is 5.75 Å². The molecule has 29 heavy (non-hydrogen) atoms. The van der Waals surface area contributed by atoms with Crippen LogP contribution in [0.25, 0.3) is 0 Å². The molecule has 0 aromatic heterocycles. The van der Waals surface area contributed by atoms with Crippen molar-refractivity contribution in [3.63, 3.8) is 0 Å². The van der Waals surface area contributed by atoms with E-state index in [0.29, 0.717) is 18.0 Å². The van der Waals surface area contributed by atoms with Gasteiger partial charge in [0.2, 0.25) is 5.91 Å². The number of ether oxygens (including phenoxy) is 1. The Bertz CT molecular complexity index is 903. The molecular weight excluding hydrogens is 438 g/mol. The number of carbonyl (C=O) groups excluding carboxylic acids is 2. The predicted molar refractivity (Wildman–Crippen MR) is 112 cm³/mol. The zero-order valence-electron chi connectivity index (χ0n) is 15.9. The third kappa shape index (κ3) is 3.70. The maximum Gasteiger partial charge on any atom is 0.322 e. The molecule has 7 nitrogen and oxygen atoms in total. The highest BCUT2D eigenvalue weighted by Crippen LogP contribution is 2.43. The Morgan fingerprint density at radius 3 is 2.52 bits per heavy atom. The van der Waals surface area contributed by atoms with E-state index in [9.17, 15) is 14.7 Å². The minimum Gasteiger partial charge on any atom is -0.497 e. The Kier molecular flexibility index (Phi) is 5.47. The predicted octanol–water partition coefficient (Wildman–Crippen LogP) is 2.66. The third-order valence-corrected chi connectivity index (χ3v) is 6.16. The number of hydrogen-bond donors (Lipinski definition) is 2. The van der Waals surface area contributed by atoms with Crippen LogP contribution in [-0.2, 0) is 4.79 Å². The van der Waals surface area contributed by atoms with E-state index < -0.39 is 0 Å². The van der Waals surface area contributed by atoms with E-state index in [2.05, 4.69) is 21.2 Å². The highest BCUT2D eigenvalue weighted by atomic mass is 79.9. The topological polar surface area (TPSA) is 82.1 Å². The highest BCUT2D eigenvalue weighted by molar-refractivity contribution is 9.10. The first kappa shape index (κ1) is 19.7. The van der Waals surface area contributed by atoms with Gasteiger partial charge >= 0.3 is 6.03 Å². The van der Waals surface area contributed by atoms with Gasteiger partial charge in [-0.2, -0.15) is 0 Å². The fourth-order valence-electron chi connectivity index (χ4n) is 4.22. The second-order valence-corrected chi connectivity index (χ2v) is 8.15. The summed E-state index contributed by atoms with van der Waals surface area (Å²) in [6.45, 7) is 0.327. The van der Waals surface area contributed by atoms with Gasteiger partial charge in [0.1, 0.15) is 12.3 Å². The number of benzene rings is 2. The molecule has 2 aromatic rings. The summed E-state index contributed by atoms with van der Waals surface area (Å²) in [7, 11) is 1.58. The second kappa shape index (κ2) is 8.04. The summed E-state index contributed by atoms with van der Waals surface area (Å²) in [5.41, 5.74) is 1.69. The molecule has 0 unspecified atom stereocenters. The van der Waals surface area contributed by atoms with Crippen molar-refractivity contribution in [2.45, 2.75) is 18.0 Å². The van der Waals surface area contributed by atoms with Crippen molar-refractivity contribution < 1.29 is 19.4 Å². The first-order chi connectivity index (χ1) is 14.0. The van der Waals surface area contributed by atoms with Gasteiger partial charge in [-0.1, -0.05) is 28.1 Å². The van der Waals surface area contributed by atoms with Crippen LogP contribution in [0.4, 0.5) is 10.5 Å². The Hall–Kier alpha value is -2.58. The minimum atomic E-state index is -0.315. The van der Waals surface area contributed by atoms with E-state index >= 15 is 0 Å². The van der Waals surface area contributed by atoms with Crippen molar-refractivity contribution >= 4 is 33.6 Å². The molecular formula is C21H22BrN3O4. The molecule has 2 aliphatic rings. The summed E-state index contributed by atoms with van der Waals surface area (Å²) < 4.78 is 6.09. The van der Waals surface area contributed by atoms with Crippen molar-refractivity contribution in [2.75, 3.05) is 32.1 Å². The molecule has 152 valence electrons. The summed E-state index contributed by atoms with van der Waals surface area (Å²) in [5.74, 6) is 0.556. The van der Waals surface area contributed by atoms with Crippen LogP contribution in [0, 0.1) is 0 Å². The zero-order chi connectivity index (χ0) is 20.5. The van der Waals surface area contributed by atoms with Crippen LogP contribution >= 0.6 is 15.9 Å². The first-order valence-corrected chi connectivity index (χ1v) is 10.2. The van der Waals surface area contributed by atoms with Crippen molar-refractivity contribution in [1.29, 1.82) is 0 Å². The fraction of sp³-hybridized carbons (Fsp3) is 0.333. The van der Waals surface area contributed by atoms with E-state index in [0.717, 1.165) is 10.0 Å². The molecule has 2 aliphatic heterocycles. The van der Waals surface area contributed by atoms with Crippen molar-refractivity contribution in [3.05, 3.63) is 58.6 Å². The number of methoxy groups -OCH3 is 1. The van der Waals surface area contributed by atoms with Gasteiger partial charge in [0.25, 0.3) is 0 Å². The number of aliphatic hydroxyl groups is 1. The summed E-state index contributed by atoms with van der Waals surface area (Å²) >= 11 is 3.43. The van der Waals surface area contributed by atoms with Crippen LogP contribution in [0.5, 0.6) is 5.75 Å². The normalized spacial score (nSPS) is 23.3. The van der Waals surface area contributed by atoms with Crippen LogP contribution in [0.15, 0.2) is 53.0 Å². The molecule has 0 radical (unpaired) electrons. The Labute approximate surface area is 177 Å². The molecule has 0 spiro atoms. The molecule has 3 amide bonds. The van der Waals surface area contributed by atoms with Crippen molar-refractivity contribution in [2.24, 2.45) is 0 Å². The standard InChI is InChI=1S/C21H22BrN3O4/c1-29-16-8-6-15(7-9-16)23-21(28)24-10-17-20(13-2-4-14(22)5-3-13)18(12-26)25(17)19(27)11-24/h2-9,17-18,20,26H,10-12H2,1H3,(H,23,28)/t17-,18-,20+/m0/s1. The number of fused-ring (bicyclic) bond motifs is 1. The van der Waals surface area contributed by atoms with Crippen LogP contribution in [0.3, 0.4) is 0 Å². The molecule has 2 heterocycles. The van der Waals surface area contributed by atoms with Gasteiger partial charge in [-0.05, 0) is 42.0 Å². The van der Waals surface area contributed by atoms with Gasteiger partial charge < -0.3 is 25.0 Å². The number of aliphatic hydroxyl groups excluding tert-OH is 1. The summed E-state index contributed by atoms with van der Waals surface area (Å²) in [6.07, 6.45) is 0. The lowest BCUT2D eigenvalue weighted by atomic mass is 9.74. The molecule has 8 heteroatoms. The maximum atomic E-state index is 12.7. The second-order valence-electron chi connectivity index (χ2n) is 7.23. The summed E-state index contributed by atoms with van der Waals surface area (Å²) in [6, 6.07) is 14.2. The van der Waals surface area contributed by atoms with Crippen LogP contribution in [0.1, 0.15) is 11.5 Å². The van der Waals surface area contributed by atoms with E-state index in [1.165, 1.54) is 4.90 Å². The molecule has 2 N–H and O–H groups in total. The summed E-state index contributed by atoms with van der Waals surface area (Å²) in [5, 5.41) is 12.7. The number of anilines is 1. The monoisotopic (exact) mass is 459 g/mol. The Morgan fingerprint density at radius 1 is 1.21 bits per heavy atom. The fourth-order valence-corrected chi connectivity index (χ4v) is 4.48. The van der Waals surface area contributed by atoms with Gasteiger partial charge in [-0.25, -0.2) is 4.79 Å². The Morgan fingerprint density at radius 2 is 1.90 bits per heavy atom. The molecule has 2 fully saturated rings. The van der Waals surface area contributed by atoms with E-state index in [1.807, 2.05) is 24.3 Å². The largest absolute Gasteiger partial charge is 0.497 e. The number of halogens is 1. The molecule has 4 rings (SSSR count). The molecule has 3 atom stereocenters. The smallest absolute Gasteiger partial charge is 0.322 e. The number of hydrogen-bond acceptors (Lipinski definition) is 4. The van der Waals surface area contributed by atoms with Crippen LogP contribution < -0.4 is 10.1 Å². The number of piperazine rings is 1. The molecule has 0 aliphatic carbocycles. The molecule has 0 bridgehead atoms. The number of nitrogens with one attached hydrogen (secondary N) is 1. The minimum absolute atomic E-state index is 0.00203. The number of nitrogens with zero attached hydrogens (tertiary/aromatic N) is 2. The van der Waals surface area contributed by atoms with E-state index in [1.54, 1.807) is 36.3 Å². The average molecular weight is 460 g/mol. The Balaban J connectivity index is 1.49. The molecule has 0 saturated carbocycles. The van der Waals surface area contributed by atoms with Gasteiger partial charge in [-0.3, -0.25) is 4.79 Å². The molecule has 2 aromatic carbocycles. The lowest BCUT2D eigenvalue weighted by molar-refractivity contribution is -0.159. The molecule has 2 saturated heterocycles. The first-order valence-electron chi connectivity index (χ1n) is 9.39. The summed E-state index contributed by atoms with van der Waals surface area (Å²) in [4.78, 5) is 28.7. The van der Waals surface area contributed by atoms with Crippen LogP contribution in [-0.4, -0.2) is 65.7 Å². The number of carbonyl (C=O) groups is 2. The van der Waals surface area contributed by atoms with E-state index in [-0.39, 0.29) is 43.1 Å². The van der Waals surface area contributed by atoms with Crippen molar-refractivity contribution in [1.82, 2.24) is 9.80 Å². The van der Waals surface area contributed by atoms with Gasteiger partial charge in [0.15, 0.2) is 0 Å². The quantitative estimate of drug-likeness (QED) is 0.736.